The summed E-state index contributed by atoms with van der Waals surface area (Å²) < 4.78 is 21.6. The van der Waals surface area contributed by atoms with Gasteiger partial charge in [-0.3, -0.25) is 9.35 Å². The summed E-state index contributed by atoms with van der Waals surface area (Å²) in [6, 6.07) is 7.00. The Morgan fingerprint density at radius 3 is 2.62 bits per heavy atom. The number of rotatable bonds is 8. The molecule has 124 valence electrons. The van der Waals surface area contributed by atoms with Gasteiger partial charge in [0.05, 0.1) is 0 Å². The third kappa shape index (κ3) is 4.72. The Balaban J connectivity index is 2.20. The van der Waals surface area contributed by atoms with Crippen molar-refractivity contribution >= 4 is 23.1 Å². The van der Waals surface area contributed by atoms with Crippen LogP contribution in [0.4, 0.5) is 0 Å². The fourth-order valence-corrected chi connectivity index (χ4v) is 2.42. The summed E-state index contributed by atoms with van der Waals surface area (Å²) in [4.78, 5) is 23.9. The molecule has 8 heteroatoms. The minimum atomic E-state index is -2.09. The first-order chi connectivity index (χ1) is 11.6. The van der Waals surface area contributed by atoms with Gasteiger partial charge in [-0.25, -0.2) is 19.2 Å². The Kier molecular flexibility index (Phi) is 6.62. The lowest BCUT2D eigenvalue weighted by atomic mass is 10.0. The van der Waals surface area contributed by atoms with Gasteiger partial charge in [0, 0.05) is 18.7 Å². The second-order valence-corrected chi connectivity index (χ2v) is 5.62. The van der Waals surface area contributed by atoms with Crippen molar-refractivity contribution in [3.8, 4) is 0 Å². The number of ketones is 1. The van der Waals surface area contributed by atoms with Gasteiger partial charge < -0.3 is 0 Å². The molecular weight excluding hydrogens is 328 g/mol. The normalized spacial score (nSPS) is 12.4. The Morgan fingerprint density at radius 2 is 1.96 bits per heavy atom. The van der Waals surface area contributed by atoms with E-state index in [1.807, 2.05) is 0 Å². The van der Waals surface area contributed by atoms with Crippen LogP contribution in [0.15, 0.2) is 55.7 Å². The second-order valence-electron chi connectivity index (χ2n) is 4.65. The van der Waals surface area contributed by atoms with Gasteiger partial charge in [0.2, 0.25) is 22.9 Å². The van der Waals surface area contributed by atoms with E-state index in [0.29, 0.717) is 11.1 Å². The third-order valence-corrected chi connectivity index (χ3v) is 3.80. The number of nitrogens with zero attached hydrogens (tertiary/aromatic N) is 4. The molecule has 0 amide bonds. The van der Waals surface area contributed by atoms with Gasteiger partial charge in [-0.15, -0.1) is 6.58 Å². The summed E-state index contributed by atoms with van der Waals surface area (Å²) >= 11 is -2.09. The van der Waals surface area contributed by atoms with Crippen LogP contribution in [0.2, 0.25) is 0 Å². The lowest BCUT2D eigenvalue weighted by molar-refractivity contribution is 0.102. The molecule has 1 atom stereocenters. The number of hydrogen-bond acceptors (Lipinski definition) is 5. The first kappa shape index (κ1) is 17.8. The van der Waals surface area contributed by atoms with E-state index < -0.39 is 11.3 Å². The summed E-state index contributed by atoms with van der Waals surface area (Å²) in [5, 5.41) is 0. The molecule has 1 aromatic heterocycles. The summed E-state index contributed by atoms with van der Waals surface area (Å²) in [5.74, 6) is -0.248. The van der Waals surface area contributed by atoms with E-state index in [9.17, 15) is 13.6 Å². The zero-order chi connectivity index (χ0) is 17.4. The summed E-state index contributed by atoms with van der Waals surface area (Å²) in [6.45, 7) is 4.06. The number of carbonyl (C=O) groups is 1. The second kappa shape index (κ2) is 8.92. The molecule has 0 fully saturated rings. The molecule has 0 aliphatic carbocycles. The van der Waals surface area contributed by atoms with Gasteiger partial charge in [-0.2, -0.15) is 4.31 Å². The topological polar surface area (TPSA) is 96.3 Å². The van der Waals surface area contributed by atoms with Gasteiger partial charge in [0.1, 0.15) is 12.7 Å². The molecule has 0 saturated heterocycles. The molecule has 2 rings (SSSR count). The average Bonchev–Trinajstić information content (AvgIpc) is 2.61. The van der Waals surface area contributed by atoms with Crippen LogP contribution in [-0.2, 0) is 11.3 Å². The quantitative estimate of drug-likeness (QED) is 0.445. The molecule has 1 heterocycles. The van der Waals surface area contributed by atoms with E-state index in [0.717, 1.165) is 0 Å². The van der Waals surface area contributed by atoms with Gasteiger partial charge in [0.25, 0.3) is 0 Å². The molecule has 0 spiro atoms. The van der Waals surface area contributed by atoms with Crippen LogP contribution >= 0.6 is 0 Å². The van der Waals surface area contributed by atoms with Crippen molar-refractivity contribution in [1.29, 1.82) is 0 Å². The third-order valence-electron chi connectivity index (χ3n) is 3.06. The van der Waals surface area contributed by atoms with Crippen molar-refractivity contribution < 1.29 is 13.6 Å². The molecule has 24 heavy (non-hydrogen) atoms. The first-order valence-electron chi connectivity index (χ1n) is 7.02. The maximum atomic E-state index is 12.5. The van der Waals surface area contributed by atoms with E-state index in [4.69, 9.17) is 0 Å². The minimum absolute atomic E-state index is 0.0654. The van der Waals surface area contributed by atoms with E-state index in [1.165, 1.54) is 17.0 Å². The van der Waals surface area contributed by atoms with E-state index in [-0.39, 0.29) is 24.7 Å². The predicted molar refractivity (Wildman–Crippen MR) is 91.3 cm³/mol. The van der Waals surface area contributed by atoms with Crippen molar-refractivity contribution in [2.75, 3.05) is 13.1 Å². The highest BCUT2D eigenvalue weighted by molar-refractivity contribution is 7.76. The molecule has 0 aliphatic rings. The van der Waals surface area contributed by atoms with Crippen molar-refractivity contribution in [2.45, 2.75) is 0 Å². The van der Waals surface area contributed by atoms with Gasteiger partial charge in [-0.1, -0.05) is 42.5 Å². The minimum Gasteiger partial charge on any atom is -0.294 e. The van der Waals surface area contributed by atoms with Crippen LogP contribution in [0.5, 0.6) is 0 Å². The maximum Gasteiger partial charge on any atom is 0.235 e. The molecule has 2 aromatic rings. The molecule has 0 aliphatic heterocycles. The van der Waals surface area contributed by atoms with E-state index in [1.54, 1.807) is 42.5 Å². The van der Waals surface area contributed by atoms with Crippen LogP contribution in [0.3, 0.4) is 0 Å². The van der Waals surface area contributed by atoms with Crippen LogP contribution in [0.1, 0.15) is 21.7 Å². The fraction of sp³-hybridized carbons (Fsp3) is 0.125. The highest BCUT2D eigenvalue weighted by Crippen LogP contribution is 2.14. The summed E-state index contributed by atoms with van der Waals surface area (Å²) in [7, 11) is 0. The summed E-state index contributed by atoms with van der Waals surface area (Å²) in [5.41, 5.74) is 1.12. The lowest BCUT2D eigenvalue weighted by Gasteiger charge is -2.12. The van der Waals surface area contributed by atoms with Crippen molar-refractivity contribution in [2.24, 2.45) is 0 Å². The molecular formula is C16H16N4O3S. The number of hydrogen-bond donors (Lipinski definition) is 1. The highest BCUT2D eigenvalue weighted by atomic mass is 32.2. The SMILES string of the molecule is C=CCN(CC=Cc1ccccc1C(=O)c1ncncn1)S(=O)O. The molecule has 1 N–H and O–H groups in total. The molecule has 0 radical (unpaired) electrons. The first-order valence-corrected chi connectivity index (χ1v) is 8.09. The smallest absolute Gasteiger partial charge is 0.235 e. The van der Waals surface area contributed by atoms with Gasteiger partial charge in [0.15, 0.2) is 0 Å². The number of carbonyl (C=O) groups excluding carboxylic acids is 1. The van der Waals surface area contributed by atoms with Crippen molar-refractivity contribution in [3.05, 3.63) is 72.6 Å². The number of aromatic nitrogens is 3. The van der Waals surface area contributed by atoms with Crippen LogP contribution < -0.4 is 0 Å². The summed E-state index contributed by atoms with van der Waals surface area (Å²) in [6.07, 6.45) is 7.50. The van der Waals surface area contributed by atoms with Gasteiger partial charge in [-0.05, 0) is 5.56 Å². The molecule has 0 saturated carbocycles. The van der Waals surface area contributed by atoms with Crippen molar-refractivity contribution in [1.82, 2.24) is 19.3 Å². The van der Waals surface area contributed by atoms with Crippen LogP contribution in [0, 0.1) is 0 Å². The Bertz CT molecular complexity index is 765. The monoisotopic (exact) mass is 344 g/mol. The van der Waals surface area contributed by atoms with Crippen LogP contribution in [-0.4, -0.2) is 46.9 Å². The maximum absolute atomic E-state index is 12.5. The molecule has 7 nitrogen and oxygen atoms in total. The Hall–Kier alpha value is -2.55. The standard InChI is InChI=1S/C16H16N4O3S/c1-2-9-20(24(22)23)10-5-7-13-6-3-4-8-14(13)15(21)16-18-11-17-12-19-16/h2-8,11-12H,1,9-10H2,(H,22,23). The molecule has 1 unspecified atom stereocenters. The predicted octanol–water partition coefficient (Wildman–Crippen LogP) is 1.74. The van der Waals surface area contributed by atoms with Gasteiger partial charge >= 0.3 is 0 Å². The lowest BCUT2D eigenvalue weighted by Crippen LogP contribution is -2.25. The van der Waals surface area contributed by atoms with Crippen LogP contribution in [0.25, 0.3) is 6.08 Å². The zero-order valence-electron chi connectivity index (χ0n) is 12.8. The molecule has 0 bridgehead atoms. The molecule has 1 aromatic carbocycles. The zero-order valence-corrected chi connectivity index (χ0v) is 13.6. The fourth-order valence-electron chi connectivity index (χ4n) is 1.97. The highest BCUT2D eigenvalue weighted by Gasteiger charge is 2.14. The number of benzene rings is 1. The van der Waals surface area contributed by atoms with E-state index >= 15 is 0 Å². The Morgan fingerprint density at radius 1 is 1.25 bits per heavy atom. The Labute approximate surface area is 142 Å². The average molecular weight is 344 g/mol. The van der Waals surface area contributed by atoms with Crippen molar-refractivity contribution in [3.63, 3.8) is 0 Å². The largest absolute Gasteiger partial charge is 0.294 e. The van der Waals surface area contributed by atoms with E-state index in [2.05, 4.69) is 21.5 Å².